The number of benzene rings is 3. The molecule has 4 heteroatoms. The van der Waals surface area contributed by atoms with E-state index >= 15 is 0 Å². The molecule has 0 saturated heterocycles. The Morgan fingerprint density at radius 2 is 1.56 bits per heavy atom. The molecule has 0 aliphatic heterocycles. The van der Waals surface area contributed by atoms with E-state index in [0.29, 0.717) is 17.5 Å². The van der Waals surface area contributed by atoms with Crippen LogP contribution in [0.1, 0.15) is 36.6 Å². The zero-order valence-electron chi connectivity index (χ0n) is 19.6. The number of hydrogen-bond acceptors (Lipinski definition) is 4. The van der Waals surface area contributed by atoms with Crippen LogP contribution >= 0.6 is 0 Å². The molecule has 3 aromatic carbocycles. The van der Waals surface area contributed by atoms with E-state index in [4.69, 9.17) is 9.40 Å². The lowest BCUT2D eigenvalue weighted by atomic mass is 9.91. The smallest absolute Gasteiger partial charge is 0.163 e. The molecule has 0 saturated carbocycles. The van der Waals surface area contributed by atoms with Crippen molar-refractivity contribution in [2.75, 3.05) is 0 Å². The predicted molar refractivity (Wildman–Crippen MR) is 143 cm³/mol. The largest absolute Gasteiger partial charge is 0.456 e. The molecule has 0 unspecified atom stereocenters. The van der Waals surface area contributed by atoms with Gasteiger partial charge in [0.2, 0.25) is 0 Å². The maximum Gasteiger partial charge on any atom is 0.163 e. The van der Waals surface area contributed by atoms with Gasteiger partial charge in [0.15, 0.2) is 11.6 Å². The van der Waals surface area contributed by atoms with Gasteiger partial charge in [0, 0.05) is 21.9 Å². The Morgan fingerprint density at radius 3 is 2.21 bits per heavy atom. The first-order valence-electron chi connectivity index (χ1n) is 11.3. The summed E-state index contributed by atoms with van der Waals surface area (Å²) < 4.78 is 6.30. The van der Waals surface area contributed by atoms with Gasteiger partial charge < -0.3 is 4.42 Å². The van der Waals surface area contributed by atoms with Crippen LogP contribution in [0.3, 0.4) is 0 Å². The molecule has 4 nitrogen and oxygen atoms in total. The van der Waals surface area contributed by atoms with Crippen molar-refractivity contribution in [1.82, 2.24) is 15.0 Å². The van der Waals surface area contributed by atoms with Crippen molar-refractivity contribution >= 4 is 46.0 Å². The molecule has 5 aromatic rings. The lowest BCUT2D eigenvalue weighted by Crippen LogP contribution is -2.10. The van der Waals surface area contributed by atoms with Crippen molar-refractivity contribution < 1.29 is 4.42 Å². The van der Waals surface area contributed by atoms with Crippen LogP contribution in [-0.2, 0) is 0 Å². The summed E-state index contributed by atoms with van der Waals surface area (Å²) >= 11 is 0. The normalized spacial score (nSPS) is 12.3. The second kappa shape index (κ2) is 8.56. The summed E-state index contributed by atoms with van der Waals surface area (Å²) in [6.07, 6.45) is 9.95. The van der Waals surface area contributed by atoms with Gasteiger partial charge in [-0.05, 0) is 60.7 Å². The van der Waals surface area contributed by atoms with E-state index in [9.17, 15) is 0 Å². The Morgan fingerprint density at radius 1 is 0.824 bits per heavy atom. The lowest BCUT2D eigenvalue weighted by molar-refractivity contribution is 0.608. The number of rotatable bonds is 5. The van der Waals surface area contributed by atoms with Crippen LogP contribution in [-0.4, -0.2) is 15.0 Å². The van der Waals surface area contributed by atoms with Crippen molar-refractivity contribution in [3.8, 4) is 22.8 Å². The van der Waals surface area contributed by atoms with Gasteiger partial charge in [0.05, 0.1) is 0 Å². The molecular formula is C30H25N3O. The number of hydrogen-bond donors (Lipinski definition) is 0. The highest BCUT2D eigenvalue weighted by molar-refractivity contribution is 6.16. The monoisotopic (exact) mass is 443 g/mol. The van der Waals surface area contributed by atoms with Crippen molar-refractivity contribution in [2.45, 2.75) is 20.8 Å². The van der Waals surface area contributed by atoms with Crippen molar-refractivity contribution in [2.24, 2.45) is 0 Å². The van der Waals surface area contributed by atoms with Gasteiger partial charge in [-0.1, -0.05) is 67.8 Å². The Bertz CT molecular complexity index is 1660. The zero-order valence-corrected chi connectivity index (χ0v) is 19.6. The minimum absolute atomic E-state index is 0.611. The fourth-order valence-corrected chi connectivity index (χ4v) is 4.62. The highest BCUT2D eigenvalue weighted by atomic mass is 16.3. The molecule has 166 valence electrons. The zero-order chi connectivity index (χ0) is 23.8. The fraction of sp³-hybridized carbons (Fsp3) is 0.100. The summed E-state index contributed by atoms with van der Waals surface area (Å²) in [6, 6.07) is 14.1. The van der Waals surface area contributed by atoms with Gasteiger partial charge in [-0.15, -0.1) is 0 Å². The second-order valence-electron chi connectivity index (χ2n) is 8.07. The van der Waals surface area contributed by atoms with E-state index < -0.39 is 0 Å². The SMILES string of the molecule is C=Cc1c(/C=C\C)c2cc(-c3nc(C)nc(-c4ccccc4)n3)cc3oc(C=C)c(/c1=C\C)c32. The molecule has 0 N–H and O–H groups in total. The average molecular weight is 444 g/mol. The third-order valence-corrected chi connectivity index (χ3v) is 6.01. The third-order valence-electron chi connectivity index (χ3n) is 6.01. The van der Waals surface area contributed by atoms with Crippen LogP contribution in [0.25, 0.3) is 68.8 Å². The van der Waals surface area contributed by atoms with E-state index in [1.807, 2.05) is 69.3 Å². The molecule has 0 radical (unpaired) electrons. The first kappa shape index (κ1) is 21.5. The quantitative estimate of drug-likeness (QED) is 0.287. The molecule has 0 aliphatic rings. The van der Waals surface area contributed by atoms with E-state index in [1.165, 1.54) is 0 Å². The van der Waals surface area contributed by atoms with Crippen LogP contribution in [0.2, 0.25) is 0 Å². The fourth-order valence-electron chi connectivity index (χ4n) is 4.62. The van der Waals surface area contributed by atoms with Gasteiger partial charge in [0.25, 0.3) is 0 Å². The van der Waals surface area contributed by atoms with Crippen LogP contribution < -0.4 is 5.22 Å². The molecule has 0 fully saturated rings. The topological polar surface area (TPSA) is 51.8 Å². The second-order valence-corrected chi connectivity index (χ2v) is 8.07. The Labute approximate surface area is 198 Å². The number of aryl methyl sites for hydroxylation is 1. The Hall–Kier alpha value is -4.31. The van der Waals surface area contributed by atoms with Crippen LogP contribution in [0, 0.1) is 6.92 Å². The number of aromatic nitrogens is 3. The molecule has 0 amide bonds. The summed E-state index contributed by atoms with van der Waals surface area (Å²) in [5, 5.41) is 4.28. The van der Waals surface area contributed by atoms with Crippen molar-refractivity contribution in [3.05, 3.63) is 89.6 Å². The summed E-state index contributed by atoms with van der Waals surface area (Å²) in [6.45, 7) is 14.0. The van der Waals surface area contributed by atoms with Gasteiger partial charge in [-0.3, -0.25) is 0 Å². The predicted octanol–water partition coefficient (Wildman–Crippen LogP) is 7.25. The molecule has 0 spiro atoms. The number of nitrogens with zero attached hydrogens (tertiary/aromatic N) is 3. The first-order valence-corrected chi connectivity index (χ1v) is 11.3. The number of furan rings is 1. The van der Waals surface area contributed by atoms with E-state index in [0.717, 1.165) is 55.0 Å². The molecule has 34 heavy (non-hydrogen) atoms. The first-order chi connectivity index (χ1) is 16.6. The highest BCUT2D eigenvalue weighted by Gasteiger charge is 2.20. The number of allylic oxidation sites excluding steroid dienone is 1. The lowest BCUT2D eigenvalue weighted by Gasteiger charge is -2.12. The standard InChI is InChI=1S/C30H25N3O/c1-6-13-23-21(7-2)22(8-3)27-25(9-4)34-26-17-20(16-24(23)28(26)27)30-32-18(5)31-29(33-30)19-14-11-10-12-15-19/h6-17H,2,4H2,1,3,5H3/b13-6-,22-8-. The molecule has 2 aromatic heterocycles. The van der Waals surface area contributed by atoms with Gasteiger partial charge in [0.1, 0.15) is 17.2 Å². The summed E-state index contributed by atoms with van der Waals surface area (Å²) in [5.74, 6) is 2.67. The van der Waals surface area contributed by atoms with Gasteiger partial charge in [-0.2, -0.15) is 0 Å². The van der Waals surface area contributed by atoms with Crippen LogP contribution in [0.5, 0.6) is 0 Å². The Balaban J connectivity index is 1.89. The Kier molecular flexibility index (Phi) is 5.42. The van der Waals surface area contributed by atoms with E-state index in [1.54, 1.807) is 6.08 Å². The maximum absolute atomic E-state index is 6.30. The molecule has 0 aliphatic carbocycles. The summed E-state index contributed by atoms with van der Waals surface area (Å²) in [7, 11) is 0. The highest BCUT2D eigenvalue weighted by Crippen LogP contribution is 2.38. The molecule has 2 heterocycles. The summed E-state index contributed by atoms with van der Waals surface area (Å²) in [5.41, 5.74) is 4.76. The van der Waals surface area contributed by atoms with Crippen molar-refractivity contribution in [1.29, 1.82) is 0 Å². The third kappa shape index (κ3) is 3.35. The molecule has 0 bridgehead atoms. The molecule has 0 atom stereocenters. The van der Waals surface area contributed by atoms with Gasteiger partial charge in [-0.25, -0.2) is 15.0 Å². The molecular weight excluding hydrogens is 418 g/mol. The summed E-state index contributed by atoms with van der Waals surface area (Å²) in [4.78, 5) is 14.1. The minimum atomic E-state index is 0.611. The van der Waals surface area contributed by atoms with Crippen LogP contribution in [0.4, 0.5) is 0 Å². The van der Waals surface area contributed by atoms with E-state index in [-0.39, 0.29) is 0 Å². The van der Waals surface area contributed by atoms with Gasteiger partial charge >= 0.3 is 0 Å². The minimum Gasteiger partial charge on any atom is -0.456 e. The van der Waals surface area contributed by atoms with Crippen LogP contribution in [0.15, 0.2) is 66.1 Å². The maximum atomic E-state index is 6.30. The van der Waals surface area contributed by atoms with E-state index in [2.05, 4.69) is 41.3 Å². The van der Waals surface area contributed by atoms with Crippen molar-refractivity contribution in [3.63, 3.8) is 0 Å². The average Bonchev–Trinajstić information content (AvgIpc) is 3.24. The molecule has 5 rings (SSSR count).